The minimum absolute atomic E-state index is 0.0594. The summed E-state index contributed by atoms with van der Waals surface area (Å²) in [4.78, 5) is 11.8. The highest BCUT2D eigenvalue weighted by Crippen LogP contribution is 2.33. The fourth-order valence-electron chi connectivity index (χ4n) is 1.83. The second kappa shape index (κ2) is 8.47. The molecule has 0 saturated carbocycles. The molecule has 0 radical (unpaired) electrons. The summed E-state index contributed by atoms with van der Waals surface area (Å²) in [6.07, 6.45) is 1.44. The van der Waals surface area contributed by atoms with Crippen molar-refractivity contribution in [3.63, 3.8) is 0 Å². The van der Waals surface area contributed by atoms with Gasteiger partial charge in [-0.25, -0.2) is 0 Å². The van der Waals surface area contributed by atoms with Gasteiger partial charge in [-0.05, 0) is 44.4 Å². The summed E-state index contributed by atoms with van der Waals surface area (Å²) in [6.45, 7) is 5.74. The maximum atomic E-state index is 11.8. The molecule has 1 aromatic carbocycles. The Hall–Kier alpha value is -0.970. The Balaban J connectivity index is 2.79. The fourth-order valence-corrected chi connectivity index (χ4v) is 2.42. The lowest BCUT2D eigenvalue weighted by Gasteiger charge is -2.16. The summed E-state index contributed by atoms with van der Waals surface area (Å²) >= 11 is 12.1. The standard InChI is InChI=1S/C15H22Cl2N2O2/c1-4-10(3)19-14(20)8-21-15-11(5-9(2)18)6-12(16)7-13(15)17/h6-7,9-10H,4-5,8,18H2,1-3H3,(H,19,20). The fraction of sp³-hybridized carbons (Fsp3) is 0.533. The molecule has 1 amide bonds. The van der Waals surface area contributed by atoms with Gasteiger partial charge in [-0.2, -0.15) is 0 Å². The van der Waals surface area contributed by atoms with E-state index in [2.05, 4.69) is 5.32 Å². The Morgan fingerprint density at radius 1 is 1.38 bits per heavy atom. The van der Waals surface area contributed by atoms with Crippen LogP contribution < -0.4 is 15.8 Å². The molecule has 21 heavy (non-hydrogen) atoms. The lowest BCUT2D eigenvalue weighted by molar-refractivity contribution is -0.123. The van der Waals surface area contributed by atoms with Crippen LogP contribution in [0.1, 0.15) is 32.8 Å². The van der Waals surface area contributed by atoms with Crippen LogP contribution in [0.4, 0.5) is 0 Å². The van der Waals surface area contributed by atoms with Crippen molar-refractivity contribution in [2.45, 2.75) is 45.7 Å². The molecule has 0 aliphatic heterocycles. The van der Waals surface area contributed by atoms with Gasteiger partial charge in [0.2, 0.25) is 0 Å². The van der Waals surface area contributed by atoms with Crippen molar-refractivity contribution in [1.29, 1.82) is 0 Å². The van der Waals surface area contributed by atoms with Crippen molar-refractivity contribution >= 4 is 29.1 Å². The van der Waals surface area contributed by atoms with Crippen LogP contribution >= 0.6 is 23.2 Å². The van der Waals surface area contributed by atoms with E-state index in [0.29, 0.717) is 22.2 Å². The zero-order valence-corrected chi connectivity index (χ0v) is 14.1. The van der Waals surface area contributed by atoms with Gasteiger partial charge in [-0.1, -0.05) is 30.1 Å². The maximum Gasteiger partial charge on any atom is 0.258 e. The van der Waals surface area contributed by atoms with Gasteiger partial charge in [0, 0.05) is 17.1 Å². The molecule has 6 heteroatoms. The highest BCUT2D eigenvalue weighted by Gasteiger charge is 2.14. The number of amides is 1. The molecule has 2 atom stereocenters. The summed E-state index contributed by atoms with van der Waals surface area (Å²) in [7, 11) is 0. The molecule has 1 rings (SSSR count). The highest BCUT2D eigenvalue weighted by molar-refractivity contribution is 6.35. The van der Waals surface area contributed by atoms with Crippen LogP contribution in [0, 0.1) is 0 Å². The maximum absolute atomic E-state index is 11.8. The first-order chi connectivity index (χ1) is 9.83. The Kier molecular flexibility index (Phi) is 7.29. The van der Waals surface area contributed by atoms with Gasteiger partial charge in [0.25, 0.3) is 5.91 Å². The molecule has 0 aliphatic rings. The lowest BCUT2D eigenvalue weighted by atomic mass is 10.1. The van der Waals surface area contributed by atoms with Crippen LogP contribution in [0.5, 0.6) is 5.75 Å². The lowest BCUT2D eigenvalue weighted by Crippen LogP contribution is -2.35. The van der Waals surface area contributed by atoms with Crippen LogP contribution in [0.3, 0.4) is 0 Å². The van der Waals surface area contributed by atoms with Gasteiger partial charge < -0.3 is 15.8 Å². The molecule has 0 bridgehead atoms. The van der Waals surface area contributed by atoms with E-state index in [1.165, 1.54) is 0 Å². The SMILES string of the molecule is CCC(C)NC(=O)COc1c(Cl)cc(Cl)cc1CC(C)N. The predicted octanol–water partition coefficient (Wildman–Crippen LogP) is 3.18. The van der Waals surface area contributed by atoms with Crippen LogP contribution in [-0.4, -0.2) is 24.6 Å². The normalized spacial score (nSPS) is 13.6. The molecule has 0 aromatic heterocycles. The van der Waals surface area contributed by atoms with E-state index >= 15 is 0 Å². The number of benzene rings is 1. The van der Waals surface area contributed by atoms with Crippen LogP contribution in [0.25, 0.3) is 0 Å². The average molecular weight is 333 g/mol. The monoisotopic (exact) mass is 332 g/mol. The van der Waals surface area contributed by atoms with Crippen molar-refractivity contribution in [1.82, 2.24) is 5.32 Å². The third-order valence-corrected chi connectivity index (χ3v) is 3.49. The summed E-state index contributed by atoms with van der Waals surface area (Å²) in [5, 5.41) is 3.74. The highest BCUT2D eigenvalue weighted by atomic mass is 35.5. The van der Waals surface area contributed by atoms with E-state index in [-0.39, 0.29) is 24.6 Å². The van der Waals surface area contributed by atoms with Crippen molar-refractivity contribution in [2.24, 2.45) is 5.73 Å². The van der Waals surface area contributed by atoms with Crippen LogP contribution in [0.2, 0.25) is 10.0 Å². The number of ether oxygens (including phenoxy) is 1. The molecule has 0 heterocycles. The quantitative estimate of drug-likeness (QED) is 0.805. The van der Waals surface area contributed by atoms with E-state index in [1.54, 1.807) is 12.1 Å². The number of hydrogen-bond donors (Lipinski definition) is 2. The van der Waals surface area contributed by atoms with E-state index in [9.17, 15) is 4.79 Å². The summed E-state index contributed by atoms with van der Waals surface area (Å²) < 4.78 is 5.57. The van der Waals surface area contributed by atoms with Gasteiger partial charge in [0.05, 0.1) is 5.02 Å². The second-order valence-electron chi connectivity index (χ2n) is 5.22. The van der Waals surface area contributed by atoms with E-state index in [1.807, 2.05) is 20.8 Å². The third-order valence-electron chi connectivity index (χ3n) is 2.99. The number of halogens is 2. The summed E-state index contributed by atoms with van der Waals surface area (Å²) in [5.74, 6) is 0.291. The minimum atomic E-state index is -0.179. The zero-order valence-electron chi connectivity index (χ0n) is 12.6. The molecule has 0 spiro atoms. The Bertz CT molecular complexity index is 493. The topological polar surface area (TPSA) is 64.3 Å². The van der Waals surface area contributed by atoms with Crippen molar-refractivity contribution < 1.29 is 9.53 Å². The molecule has 2 unspecified atom stereocenters. The number of nitrogens with two attached hydrogens (primary N) is 1. The molecule has 3 N–H and O–H groups in total. The smallest absolute Gasteiger partial charge is 0.258 e. The number of nitrogens with one attached hydrogen (secondary N) is 1. The van der Waals surface area contributed by atoms with Crippen molar-refractivity contribution in [3.05, 3.63) is 27.7 Å². The van der Waals surface area contributed by atoms with Gasteiger partial charge in [0.15, 0.2) is 6.61 Å². The van der Waals surface area contributed by atoms with Crippen LogP contribution in [-0.2, 0) is 11.2 Å². The first kappa shape index (κ1) is 18.1. The molecule has 0 fully saturated rings. The Morgan fingerprint density at radius 2 is 2.05 bits per heavy atom. The molecule has 0 saturated heterocycles. The van der Waals surface area contributed by atoms with Crippen LogP contribution in [0.15, 0.2) is 12.1 Å². The van der Waals surface area contributed by atoms with Crippen molar-refractivity contribution in [2.75, 3.05) is 6.61 Å². The zero-order chi connectivity index (χ0) is 16.0. The van der Waals surface area contributed by atoms with Crippen molar-refractivity contribution in [3.8, 4) is 5.75 Å². The largest absolute Gasteiger partial charge is 0.482 e. The predicted molar refractivity (Wildman–Crippen MR) is 87.2 cm³/mol. The Morgan fingerprint density at radius 3 is 2.62 bits per heavy atom. The van der Waals surface area contributed by atoms with E-state index in [0.717, 1.165) is 12.0 Å². The Labute approximate surface area is 135 Å². The molecule has 1 aromatic rings. The van der Waals surface area contributed by atoms with Gasteiger partial charge in [-0.3, -0.25) is 4.79 Å². The number of carbonyl (C=O) groups is 1. The van der Waals surface area contributed by atoms with Gasteiger partial charge in [0.1, 0.15) is 5.75 Å². The molecular weight excluding hydrogens is 311 g/mol. The molecule has 0 aliphatic carbocycles. The van der Waals surface area contributed by atoms with Gasteiger partial charge >= 0.3 is 0 Å². The van der Waals surface area contributed by atoms with E-state index in [4.69, 9.17) is 33.7 Å². The first-order valence-electron chi connectivity index (χ1n) is 6.99. The number of hydrogen-bond acceptors (Lipinski definition) is 3. The first-order valence-corrected chi connectivity index (χ1v) is 7.74. The second-order valence-corrected chi connectivity index (χ2v) is 6.07. The summed E-state index contributed by atoms with van der Waals surface area (Å²) in [6, 6.07) is 3.41. The number of rotatable bonds is 7. The van der Waals surface area contributed by atoms with Gasteiger partial charge in [-0.15, -0.1) is 0 Å². The molecule has 4 nitrogen and oxygen atoms in total. The van der Waals surface area contributed by atoms with E-state index < -0.39 is 0 Å². The molecule has 118 valence electrons. The third kappa shape index (κ3) is 6.12. The molecular formula is C15H22Cl2N2O2. The average Bonchev–Trinajstić information content (AvgIpc) is 2.36. The minimum Gasteiger partial charge on any atom is -0.482 e. The summed E-state index contributed by atoms with van der Waals surface area (Å²) in [5.41, 5.74) is 6.62. The number of carbonyl (C=O) groups excluding carboxylic acids is 1.